The van der Waals surface area contributed by atoms with E-state index in [9.17, 15) is 52.2 Å². The Balaban J connectivity index is 0.640. The Bertz CT molecular complexity index is 4660. The van der Waals surface area contributed by atoms with Crippen molar-refractivity contribution in [2.45, 2.75) is 212 Å². The third-order valence-electron chi connectivity index (χ3n) is 26.5. The van der Waals surface area contributed by atoms with Crippen LogP contribution in [0.4, 0.5) is 17.1 Å². The topological polar surface area (TPSA) is 455 Å². The number of amides is 10. The first-order valence-electron chi connectivity index (χ1n) is 47.6. The number of rotatable bonds is 55. The summed E-state index contributed by atoms with van der Waals surface area (Å²) in [6.07, 6.45) is 12.5. The van der Waals surface area contributed by atoms with Gasteiger partial charge in [0.1, 0.15) is 18.7 Å². The lowest BCUT2D eigenvalue weighted by molar-refractivity contribution is -0.149. The van der Waals surface area contributed by atoms with Gasteiger partial charge in [0.05, 0.1) is 153 Å². The predicted octanol–water partition coefficient (Wildman–Crippen LogP) is 7.63. The van der Waals surface area contributed by atoms with Gasteiger partial charge in [0.2, 0.25) is 59.1 Å². The van der Waals surface area contributed by atoms with Crippen LogP contribution in [0, 0.1) is 40.4 Å². The van der Waals surface area contributed by atoms with Gasteiger partial charge in [-0.05, 0) is 189 Å². The van der Waals surface area contributed by atoms with Gasteiger partial charge < -0.3 is 106 Å². The number of nitrogens with two attached hydrogens (primary N) is 2. The van der Waals surface area contributed by atoms with Gasteiger partial charge in [0.25, 0.3) is 0 Å². The van der Waals surface area contributed by atoms with Crippen molar-refractivity contribution < 1.29 is 99.3 Å². The van der Waals surface area contributed by atoms with Gasteiger partial charge in [0.15, 0.2) is 11.1 Å². The number of anilines is 3. The van der Waals surface area contributed by atoms with Crippen molar-refractivity contribution in [1.82, 2.24) is 42.5 Å². The summed E-state index contributed by atoms with van der Waals surface area (Å²) in [6, 6.07) is 25.0. The van der Waals surface area contributed by atoms with Crippen molar-refractivity contribution in [3.63, 3.8) is 0 Å². The molecule has 33 nitrogen and oxygen atoms in total. The van der Waals surface area contributed by atoms with E-state index >= 15 is 0 Å². The summed E-state index contributed by atoms with van der Waals surface area (Å²) in [5.74, 6) is 2.38. The normalized spacial score (nSPS) is 20.8. The zero-order valence-electron chi connectivity index (χ0n) is 78.3. The quantitative estimate of drug-likeness (QED) is 0.00664. The molecule has 133 heavy (non-hydrogen) atoms. The Labute approximate surface area is 785 Å². The summed E-state index contributed by atoms with van der Waals surface area (Å²) < 4.78 is 70.6. The molecule has 10 amide bonds. The number of hydrogen-bond donors (Lipinski definition) is 12. The van der Waals surface area contributed by atoms with Crippen LogP contribution >= 0.6 is 0 Å². The highest BCUT2D eigenvalue weighted by Gasteiger charge is 2.57. The number of carbonyl (C=O) groups is 10. The van der Waals surface area contributed by atoms with Gasteiger partial charge in [-0.1, -0.05) is 115 Å². The Morgan fingerprint density at radius 3 is 1.85 bits per heavy atom. The molecule has 10 atom stereocenters. The fourth-order valence-electron chi connectivity index (χ4n) is 19.2. The van der Waals surface area contributed by atoms with Crippen molar-refractivity contribution in [2.75, 3.05) is 167 Å². The number of nitrogens with zero attached hydrogens (tertiary/aromatic N) is 1. The predicted molar refractivity (Wildman–Crippen MR) is 504 cm³/mol. The minimum atomic E-state index is -1.96. The fraction of sp³-hybridized carbons (Fsp3) is 0.616. The number of nitrogens with one attached hydrogen (secondary N) is 9. The second-order valence-corrected chi connectivity index (χ2v) is 37.3. The Hall–Kier alpha value is -9.77. The van der Waals surface area contributed by atoms with E-state index in [0.717, 1.165) is 103 Å². The van der Waals surface area contributed by atoms with Crippen LogP contribution in [0.1, 0.15) is 208 Å². The fourth-order valence-corrected chi connectivity index (χ4v) is 19.5. The maximum absolute atomic E-state index is 14.9. The second-order valence-electron chi connectivity index (χ2n) is 36.2. The Morgan fingerprint density at radius 2 is 1.14 bits per heavy atom. The van der Waals surface area contributed by atoms with Gasteiger partial charge in [-0.2, -0.15) is 0 Å². The second kappa shape index (κ2) is 54.7. The van der Waals surface area contributed by atoms with E-state index in [1.807, 2.05) is 86.6 Å². The monoisotopic (exact) mass is 1870 g/mol. The first kappa shape index (κ1) is 105. The number of unbranched alkanes of at least 4 members (excludes halogenated alkanes) is 1. The third kappa shape index (κ3) is 32.5. The molecule has 0 bridgehead atoms. The number of nitrogen functional groups attached to an aromatic ring is 1. The van der Waals surface area contributed by atoms with Crippen LogP contribution in [0.5, 0.6) is 0 Å². The molecule has 5 aliphatic carbocycles. The van der Waals surface area contributed by atoms with Gasteiger partial charge in [-0.25, -0.2) is 4.21 Å². The van der Waals surface area contributed by atoms with E-state index in [2.05, 4.69) is 78.7 Å². The van der Waals surface area contributed by atoms with Crippen molar-refractivity contribution in [1.29, 1.82) is 0 Å². The van der Waals surface area contributed by atoms with E-state index in [4.69, 9.17) is 58.7 Å². The molecule has 0 spiro atoms. The average molecular weight is 1870 g/mol. The molecule has 2 fully saturated rings. The highest BCUT2D eigenvalue weighted by atomic mass is 32.2. The maximum atomic E-state index is 14.9. The lowest BCUT2D eigenvalue weighted by Crippen LogP contribution is -2.58. The molecule has 6 aliphatic rings. The summed E-state index contributed by atoms with van der Waals surface area (Å²) >= 11 is -1.96. The average Bonchev–Trinajstić information content (AvgIpc) is 0.719. The van der Waals surface area contributed by atoms with Crippen molar-refractivity contribution in [3.05, 3.63) is 135 Å². The number of fused-ring (bicyclic) bond motifs is 8. The first-order valence-corrected chi connectivity index (χ1v) is 48.9. The summed E-state index contributed by atoms with van der Waals surface area (Å²) in [5, 5.41) is 26.1. The largest absolute Gasteiger partial charge is 0.399 e. The van der Waals surface area contributed by atoms with Crippen LogP contribution in [-0.2, 0) is 126 Å². The van der Waals surface area contributed by atoms with Crippen LogP contribution in [0.25, 0.3) is 0 Å². The van der Waals surface area contributed by atoms with E-state index in [1.54, 1.807) is 18.7 Å². The number of ether oxygens (including phenoxy) is 9. The number of imide groups is 1. The molecule has 1 aliphatic heterocycles. The minimum Gasteiger partial charge on any atom is -0.399 e. The van der Waals surface area contributed by atoms with E-state index in [-0.39, 0.29) is 177 Å². The molecule has 2 saturated carbocycles. The zero-order chi connectivity index (χ0) is 95.0. The summed E-state index contributed by atoms with van der Waals surface area (Å²) in [7, 11) is 0. The molecule has 730 valence electrons. The van der Waals surface area contributed by atoms with Gasteiger partial charge >= 0.3 is 0 Å². The lowest BCUT2D eigenvalue weighted by atomic mass is 9.49. The highest BCUT2D eigenvalue weighted by Crippen LogP contribution is 2.59. The van der Waals surface area contributed by atoms with Gasteiger partial charge in [0, 0.05) is 80.1 Å². The van der Waals surface area contributed by atoms with Crippen molar-refractivity contribution in [2.24, 2.45) is 34.3 Å². The minimum absolute atomic E-state index is 0.00392. The molecule has 0 aromatic heterocycles. The van der Waals surface area contributed by atoms with Gasteiger partial charge in [-0.3, -0.25) is 53.3 Å². The molecule has 34 heteroatoms. The number of carbonyl (C=O) groups excluding carboxylic acids is 10. The zero-order valence-corrected chi connectivity index (χ0v) is 79.1. The number of aryl methyl sites for hydroxylation is 2. The van der Waals surface area contributed by atoms with Crippen LogP contribution in [0.15, 0.2) is 96.3 Å². The molecule has 4 aromatic rings. The molecule has 0 saturated heterocycles. The molecule has 10 rings (SSSR count). The molecule has 4 aromatic carbocycles. The molecular formula is C99H142N12O21S. The summed E-state index contributed by atoms with van der Waals surface area (Å²) in [4.78, 5) is 139. The van der Waals surface area contributed by atoms with Crippen LogP contribution < -0.4 is 64.2 Å². The van der Waals surface area contributed by atoms with Crippen LogP contribution in [0.3, 0.4) is 0 Å². The number of allylic oxidation sites excluding steroid dienone is 1. The highest BCUT2D eigenvalue weighted by molar-refractivity contribution is 7.79. The molecule has 14 N–H and O–H groups in total. The number of benzene rings is 4. The van der Waals surface area contributed by atoms with Gasteiger partial charge in [-0.15, -0.1) is 0 Å². The van der Waals surface area contributed by atoms with Crippen LogP contribution in [0.2, 0.25) is 0 Å². The van der Waals surface area contributed by atoms with Crippen LogP contribution in [-0.4, -0.2) is 237 Å². The maximum Gasteiger partial charge on any atom is 0.246 e. The molecule has 0 radical (unpaired) electrons. The van der Waals surface area contributed by atoms with E-state index in [0.29, 0.717) is 121 Å². The Morgan fingerprint density at radius 1 is 0.534 bits per heavy atom. The standard InChI is InChI=1S/C99H142N12O21S/c1-68(2)92(94(119)106-65-88(115)107-75-32-28-71-30-34-84-97(3,79(71)64-75)40-16-41-99(84,5)96(121)110-95(120)98(4)39-15-20-76-77-63-74(100)31-27-70(77)29-33-78(76)98)109-93(118)81(22-13-14-42-103-89(116)67-132-83-24-8-6-7-21-80(91(83)101)102-43-48-126-52-56-130-60-58-128-54-50-124-46-37-86(113)105-45-62-133(122)123)108-87(114)38-47-125-51-55-129-59-61-131-57-53-127-49-44-104-85(112)35-36-90(117)111-66-73-19-10-9-17-69(73)25-26-72-18-11-12-23-82(72)111/h9-12,17-19,23,27-28,31-32,63-64,68,76,78,81,83-84,92,102H,6-8,13-16,20-22,24,29-30,33-62,65-67,100-101H2,1-5H3,(H,103,116)(H,104,112)(H,105,113)(H,106,119)(H,107,115)(H,108,114)(H,109,118)(H,122,123)(H,110,120,121)/t76?,78-,81-,83?,84?,92?,97-,98+,99+/m1/s1. The Kier molecular flexibility index (Phi) is 43.3. The SMILES string of the molecule is CC(C)C(NC(=O)[C@@H](CCCCNC(=O)COC1CCCCCC(NCCOCCOCCOCCOCCC(=O)NCCS(=O)O)=C1N)NC(=O)CCOCCOCCOCCOCCNC(=O)CCC(=O)N1Cc2ccccc2C#Cc2ccccc21)C(=O)NCC(=O)Nc1ccc2c(c1)[C@@]1(C)CCC[C@](C)(C(=O)NC(=O)[C@@]3(C)CCCC4c5cc(N)ccc5CC[C@H]43)C1CC2. The summed E-state index contributed by atoms with van der Waals surface area (Å²) in [6.45, 7) is 15.0. The molecular weight excluding hydrogens is 1730 g/mol. The van der Waals surface area contributed by atoms with Crippen molar-refractivity contribution >= 4 is 87.2 Å². The third-order valence-corrected chi connectivity index (χ3v) is 27.0. The van der Waals surface area contributed by atoms with E-state index in [1.165, 1.54) is 11.1 Å². The smallest absolute Gasteiger partial charge is 0.246 e. The van der Waals surface area contributed by atoms with Crippen molar-refractivity contribution in [3.8, 4) is 11.8 Å². The summed E-state index contributed by atoms with van der Waals surface area (Å²) in [5.41, 5.74) is 21.5. The molecule has 5 unspecified atom stereocenters. The molecule has 1 heterocycles. The number of hydrogen-bond acceptors (Lipinski definition) is 23. The van der Waals surface area contributed by atoms with E-state index < -0.39 is 81.6 Å². The number of para-hydroxylation sites is 1. The lowest BCUT2D eigenvalue weighted by Gasteiger charge is -2.55. The first-order chi connectivity index (χ1) is 64.2.